The molecule has 0 aromatic heterocycles. The van der Waals surface area contributed by atoms with Gasteiger partial charge in [-0.2, -0.15) is 0 Å². The predicted octanol–water partition coefficient (Wildman–Crippen LogP) is 2.21. The molecule has 0 aliphatic carbocycles. The highest BCUT2D eigenvalue weighted by Gasteiger charge is 2.31. The smallest absolute Gasteiger partial charge is 0.261 e. The summed E-state index contributed by atoms with van der Waals surface area (Å²) < 4.78 is 39.9. The van der Waals surface area contributed by atoms with Crippen LogP contribution in [0, 0.1) is 5.92 Å². The van der Waals surface area contributed by atoms with Crippen molar-refractivity contribution in [1.82, 2.24) is 9.80 Å². The Morgan fingerprint density at radius 1 is 1.23 bits per heavy atom. The van der Waals surface area contributed by atoms with E-state index < -0.39 is 10.0 Å². The van der Waals surface area contributed by atoms with Gasteiger partial charge in [0.05, 0.1) is 31.1 Å². The number of ether oxygens (including phenoxy) is 2. The van der Waals surface area contributed by atoms with Gasteiger partial charge in [-0.25, -0.2) is 8.42 Å². The number of amides is 1. The van der Waals surface area contributed by atoms with Crippen molar-refractivity contribution < 1.29 is 27.8 Å². The summed E-state index contributed by atoms with van der Waals surface area (Å²) in [6.45, 7) is 4.78. The first-order valence-corrected chi connectivity index (χ1v) is 13.0. The fraction of sp³-hybridized carbons (Fsp3) is 0.480. The quantitative estimate of drug-likeness (QED) is 0.566. The summed E-state index contributed by atoms with van der Waals surface area (Å²) in [5.41, 5.74) is 0.909. The molecule has 1 heterocycles. The van der Waals surface area contributed by atoms with E-state index in [0.29, 0.717) is 35.8 Å². The Kier molecular flexibility index (Phi) is 8.63. The van der Waals surface area contributed by atoms with Gasteiger partial charge in [0.1, 0.15) is 17.6 Å². The Hall–Kier alpha value is -2.82. The fourth-order valence-corrected chi connectivity index (χ4v) is 5.09. The van der Waals surface area contributed by atoms with E-state index in [-0.39, 0.29) is 41.9 Å². The minimum atomic E-state index is -3.85. The molecule has 2 N–H and O–H groups in total. The van der Waals surface area contributed by atoms with Crippen molar-refractivity contribution in [3.63, 3.8) is 0 Å². The summed E-state index contributed by atoms with van der Waals surface area (Å²) >= 11 is 0. The molecule has 1 aliphatic rings. The van der Waals surface area contributed by atoms with Crippen LogP contribution in [-0.4, -0.2) is 82.3 Å². The molecule has 2 aromatic carbocycles. The van der Waals surface area contributed by atoms with E-state index in [0.717, 1.165) is 0 Å². The third-order valence-corrected chi connectivity index (χ3v) is 7.48. The van der Waals surface area contributed by atoms with Gasteiger partial charge in [0.25, 0.3) is 10.0 Å². The third kappa shape index (κ3) is 6.65. The minimum absolute atomic E-state index is 0.00884. The molecule has 10 heteroatoms. The summed E-state index contributed by atoms with van der Waals surface area (Å²) in [7, 11) is 1.58. The molecule has 1 amide bonds. The molecular weight excluding hydrogens is 470 g/mol. The predicted molar refractivity (Wildman–Crippen MR) is 134 cm³/mol. The summed E-state index contributed by atoms with van der Waals surface area (Å²) in [4.78, 5) is 17.0. The maximum atomic E-state index is 13.2. The number of rotatable bonds is 8. The Labute approximate surface area is 207 Å². The molecule has 0 unspecified atom stereocenters. The van der Waals surface area contributed by atoms with Gasteiger partial charge in [0.2, 0.25) is 5.91 Å². The average molecular weight is 506 g/mol. The van der Waals surface area contributed by atoms with Crippen molar-refractivity contribution >= 4 is 21.6 Å². The highest BCUT2D eigenvalue weighted by Crippen LogP contribution is 2.30. The number of methoxy groups -OCH3 is 1. The highest BCUT2D eigenvalue weighted by molar-refractivity contribution is 7.92. The van der Waals surface area contributed by atoms with Crippen LogP contribution in [0.3, 0.4) is 0 Å². The zero-order valence-corrected chi connectivity index (χ0v) is 21.7. The van der Waals surface area contributed by atoms with Crippen LogP contribution in [0.5, 0.6) is 11.5 Å². The molecule has 9 nitrogen and oxygen atoms in total. The van der Waals surface area contributed by atoms with Crippen LogP contribution in [0.25, 0.3) is 0 Å². The monoisotopic (exact) mass is 505 g/mol. The molecule has 1 aliphatic heterocycles. The van der Waals surface area contributed by atoms with E-state index in [1.165, 1.54) is 19.2 Å². The Morgan fingerprint density at radius 2 is 1.91 bits per heavy atom. The van der Waals surface area contributed by atoms with Gasteiger partial charge in [-0.05, 0) is 63.5 Å². The van der Waals surface area contributed by atoms with Crippen molar-refractivity contribution in [2.75, 3.05) is 45.6 Å². The fourth-order valence-electron chi connectivity index (χ4n) is 4.04. The number of aliphatic hydroxyl groups excluding tert-OH is 1. The zero-order chi connectivity index (χ0) is 25.8. The van der Waals surface area contributed by atoms with Crippen molar-refractivity contribution in [3.8, 4) is 11.5 Å². The molecule has 192 valence electrons. The standard InChI is InChI=1S/C25H35N3O6S/c1-17-14-28(18(2)16-29)25(30)13-19-12-20(6-11-23(19)34-24(17)15-27(3)4)26-35(31,32)22-9-7-21(33-5)8-10-22/h6-12,17-18,24,26,29H,13-16H2,1-5H3/t17-,18+,24-/m1/s1. The van der Waals surface area contributed by atoms with Gasteiger partial charge in [-0.3, -0.25) is 9.52 Å². The second kappa shape index (κ2) is 11.3. The summed E-state index contributed by atoms with van der Waals surface area (Å²) in [5.74, 6) is 0.960. The maximum Gasteiger partial charge on any atom is 0.261 e. The van der Waals surface area contributed by atoms with E-state index in [4.69, 9.17) is 9.47 Å². The second-order valence-corrected chi connectivity index (χ2v) is 10.9. The number of nitrogens with one attached hydrogen (secondary N) is 1. The van der Waals surface area contributed by atoms with E-state index in [2.05, 4.69) is 4.72 Å². The van der Waals surface area contributed by atoms with Gasteiger partial charge in [-0.15, -0.1) is 0 Å². The topological polar surface area (TPSA) is 108 Å². The Morgan fingerprint density at radius 3 is 2.51 bits per heavy atom. The van der Waals surface area contributed by atoms with Crippen molar-refractivity contribution in [3.05, 3.63) is 48.0 Å². The first-order chi connectivity index (χ1) is 16.5. The van der Waals surface area contributed by atoms with Crippen LogP contribution in [0.2, 0.25) is 0 Å². The molecule has 0 fully saturated rings. The van der Waals surface area contributed by atoms with Crippen molar-refractivity contribution in [2.24, 2.45) is 5.92 Å². The largest absolute Gasteiger partial charge is 0.497 e. The number of anilines is 1. The maximum absolute atomic E-state index is 13.2. The Bertz CT molecular complexity index is 1120. The van der Waals surface area contributed by atoms with Crippen LogP contribution < -0.4 is 14.2 Å². The lowest BCUT2D eigenvalue weighted by molar-refractivity contribution is -0.134. The summed E-state index contributed by atoms with van der Waals surface area (Å²) in [5, 5.41) is 9.73. The molecular formula is C25H35N3O6S. The lowest BCUT2D eigenvalue weighted by Crippen LogP contribution is -2.47. The van der Waals surface area contributed by atoms with Crippen LogP contribution in [0.15, 0.2) is 47.4 Å². The van der Waals surface area contributed by atoms with Gasteiger partial charge in [0, 0.05) is 30.3 Å². The van der Waals surface area contributed by atoms with Gasteiger partial charge < -0.3 is 24.4 Å². The van der Waals surface area contributed by atoms with Crippen LogP contribution in [-0.2, 0) is 21.2 Å². The van der Waals surface area contributed by atoms with Crippen LogP contribution in [0.4, 0.5) is 5.69 Å². The highest BCUT2D eigenvalue weighted by atomic mass is 32.2. The molecule has 0 saturated carbocycles. The van der Waals surface area contributed by atoms with Crippen molar-refractivity contribution in [1.29, 1.82) is 0 Å². The third-order valence-electron chi connectivity index (χ3n) is 6.08. The molecule has 3 rings (SSSR count). The first-order valence-electron chi connectivity index (χ1n) is 11.6. The molecule has 3 atom stereocenters. The number of fused-ring (bicyclic) bond motifs is 1. The number of sulfonamides is 1. The molecule has 0 saturated heterocycles. The normalized spacial score (nSPS) is 19.7. The number of aliphatic hydroxyl groups is 1. The number of benzene rings is 2. The number of carbonyl (C=O) groups is 1. The summed E-state index contributed by atoms with van der Waals surface area (Å²) in [6, 6.07) is 10.7. The van der Waals surface area contributed by atoms with Crippen LogP contribution in [0.1, 0.15) is 19.4 Å². The minimum Gasteiger partial charge on any atom is -0.497 e. The van der Waals surface area contributed by atoms with Gasteiger partial charge in [0.15, 0.2) is 0 Å². The molecule has 0 bridgehead atoms. The molecule has 0 spiro atoms. The summed E-state index contributed by atoms with van der Waals surface area (Å²) in [6.07, 6.45) is -0.177. The number of nitrogens with zero attached hydrogens (tertiary/aromatic N) is 2. The molecule has 0 radical (unpaired) electrons. The number of hydrogen-bond donors (Lipinski definition) is 2. The van der Waals surface area contributed by atoms with Gasteiger partial charge in [-0.1, -0.05) is 6.92 Å². The lowest BCUT2D eigenvalue weighted by Gasteiger charge is -2.33. The zero-order valence-electron chi connectivity index (χ0n) is 20.9. The average Bonchev–Trinajstić information content (AvgIpc) is 2.86. The first kappa shape index (κ1) is 26.8. The number of likely N-dealkylation sites (N-methyl/N-ethyl adjacent to an activating group) is 1. The molecule has 35 heavy (non-hydrogen) atoms. The van der Waals surface area contributed by atoms with Crippen molar-refractivity contribution in [2.45, 2.75) is 37.3 Å². The van der Waals surface area contributed by atoms with E-state index >= 15 is 0 Å². The molecule has 2 aromatic rings. The van der Waals surface area contributed by atoms with E-state index in [1.54, 1.807) is 35.2 Å². The van der Waals surface area contributed by atoms with Crippen LogP contribution >= 0.6 is 0 Å². The number of carbonyl (C=O) groups excluding carboxylic acids is 1. The van der Waals surface area contributed by atoms with E-state index in [1.807, 2.05) is 32.8 Å². The van der Waals surface area contributed by atoms with E-state index in [9.17, 15) is 18.3 Å². The Balaban J connectivity index is 1.95. The lowest BCUT2D eigenvalue weighted by atomic mass is 10.0. The second-order valence-electron chi connectivity index (χ2n) is 9.25. The number of hydrogen-bond acceptors (Lipinski definition) is 7. The van der Waals surface area contributed by atoms with Gasteiger partial charge >= 0.3 is 0 Å². The SMILES string of the molecule is COc1ccc(S(=O)(=O)Nc2ccc3c(c2)CC(=O)N([C@@H](C)CO)C[C@@H](C)[C@@H](CN(C)C)O3)cc1.